The molecule has 3 nitrogen and oxygen atoms in total. The van der Waals surface area contributed by atoms with E-state index in [4.69, 9.17) is 12.2 Å². The lowest BCUT2D eigenvalue weighted by Gasteiger charge is -2.10. The Labute approximate surface area is 73.0 Å². The molecule has 2 amide bonds. The first kappa shape index (κ1) is 10.4. The van der Waals surface area contributed by atoms with E-state index in [2.05, 4.69) is 0 Å². The summed E-state index contributed by atoms with van der Waals surface area (Å²) in [6.07, 6.45) is 0. The second kappa shape index (κ2) is 3.67. The van der Waals surface area contributed by atoms with Crippen molar-refractivity contribution >= 4 is 23.2 Å². The van der Waals surface area contributed by atoms with E-state index in [-0.39, 0.29) is 13.5 Å². The van der Waals surface area contributed by atoms with E-state index in [1.807, 2.05) is 6.92 Å². The van der Waals surface area contributed by atoms with Gasteiger partial charge in [0.05, 0.1) is 6.54 Å². The van der Waals surface area contributed by atoms with Gasteiger partial charge in [-0.05, 0) is 6.92 Å². The lowest BCUT2D eigenvalue weighted by atomic mass is 10.6. The molecule has 0 aliphatic carbocycles. The maximum atomic E-state index is 11.1. The molecule has 0 unspecified atom stereocenters. The van der Waals surface area contributed by atoms with Crippen LogP contribution in [0.15, 0.2) is 0 Å². The minimum absolute atomic E-state index is 0. The number of rotatable bonds is 1. The molecule has 1 aliphatic rings. The molecule has 0 aromatic carbocycles. The summed E-state index contributed by atoms with van der Waals surface area (Å²) < 4.78 is 0. The maximum absolute atomic E-state index is 11.1. The van der Waals surface area contributed by atoms with Crippen LogP contribution in [0.4, 0.5) is 4.79 Å². The van der Waals surface area contributed by atoms with Crippen LogP contribution in [0.1, 0.15) is 14.4 Å². The molecule has 0 aromatic rings. The van der Waals surface area contributed by atoms with Crippen molar-refractivity contribution in [1.29, 1.82) is 0 Å². The Balaban J connectivity index is 0.000001000. The molecular weight excluding hydrogens is 160 g/mol. The molecule has 1 heterocycles. The van der Waals surface area contributed by atoms with Crippen LogP contribution in [-0.4, -0.2) is 41.0 Å². The molecule has 11 heavy (non-hydrogen) atoms. The summed E-state index contributed by atoms with van der Waals surface area (Å²) >= 11 is 4.93. The summed E-state index contributed by atoms with van der Waals surface area (Å²) in [6, 6.07) is 0.0208. The molecule has 64 valence electrons. The van der Waals surface area contributed by atoms with Gasteiger partial charge in [0.2, 0.25) is 0 Å². The zero-order valence-corrected chi connectivity index (χ0v) is 6.94. The number of nitrogens with zero attached hydrogens (tertiary/aromatic N) is 2. The Hall–Kier alpha value is -0.640. The fraction of sp³-hybridized carbons (Fsp3) is 0.714. The molecule has 0 N–H and O–H groups in total. The third kappa shape index (κ3) is 1.68. The number of carbonyl (C=O) groups is 1. The quantitative estimate of drug-likeness (QED) is 0.560. The van der Waals surface area contributed by atoms with Crippen molar-refractivity contribution in [3.8, 4) is 0 Å². The third-order valence-corrected chi connectivity index (χ3v) is 2.04. The molecule has 0 saturated carbocycles. The van der Waals surface area contributed by atoms with Gasteiger partial charge in [-0.15, -0.1) is 0 Å². The fourth-order valence-electron chi connectivity index (χ4n) is 0.903. The van der Waals surface area contributed by atoms with Gasteiger partial charge in [0.1, 0.15) is 4.99 Å². The van der Waals surface area contributed by atoms with Gasteiger partial charge in [-0.3, -0.25) is 4.90 Å². The van der Waals surface area contributed by atoms with Gasteiger partial charge in [0, 0.05) is 13.6 Å². The standard InChI is InChI=1S/C6H10N2OS.CH4/c1-3-8-4-5(10)7(2)6(8)9;/h3-4H2,1-2H3;1H4. The lowest BCUT2D eigenvalue weighted by Crippen LogP contribution is -2.29. The summed E-state index contributed by atoms with van der Waals surface area (Å²) in [5.41, 5.74) is 0. The summed E-state index contributed by atoms with van der Waals surface area (Å²) in [6.45, 7) is 3.30. The van der Waals surface area contributed by atoms with Crippen LogP contribution in [0.25, 0.3) is 0 Å². The molecule has 0 bridgehead atoms. The SMILES string of the molecule is C.CCN1CC(=S)N(C)C1=O. The number of likely N-dealkylation sites (N-methyl/N-ethyl adjacent to an activating group) is 2. The van der Waals surface area contributed by atoms with Gasteiger partial charge < -0.3 is 4.90 Å². The molecule has 1 fully saturated rings. The zero-order valence-electron chi connectivity index (χ0n) is 6.13. The first-order valence-electron chi connectivity index (χ1n) is 3.22. The Kier molecular flexibility index (Phi) is 3.45. The number of urea groups is 1. The normalized spacial score (nSPS) is 17.3. The van der Waals surface area contributed by atoms with E-state index in [1.165, 1.54) is 4.90 Å². The first-order valence-corrected chi connectivity index (χ1v) is 3.63. The summed E-state index contributed by atoms with van der Waals surface area (Å²) in [5.74, 6) is 0. The van der Waals surface area contributed by atoms with Crippen LogP contribution in [0.3, 0.4) is 0 Å². The molecular formula is C7H14N2OS. The predicted octanol–water partition coefficient (Wildman–Crippen LogP) is 1.34. The van der Waals surface area contributed by atoms with E-state index in [1.54, 1.807) is 11.9 Å². The van der Waals surface area contributed by atoms with Gasteiger partial charge in [-0.25, -0.2) is 4.79 Å². The van der Waals surface area contributed by atoms with Gasteiger partial charge in [0.25, 0.3) is 0 Å². The van der Waals surface area contributed by atoms with Crippen LogP contribution >= 0.6 is 12.2 Å². The Morgan fingerprint density at radius 1 is 1.64 bits per heavy atom. The van der Waals surface area contributed by atoms with Gasteiger partial charge in [-0.2, -0.15) is 0 Å². The fourth-order valence-corrected chi connectivity index (χ4v) is 1.14. The Morgan fingerprint density at radius 2 is 2.18 bits per heavy atom. The van der Waals surface area contributed by atoms with Crippen molar-refractivity contribution in [1.82, 2.24) is 9.80 Å². The number of carbonyl (C=O) groups excluding carboxylic acids is 1. The van der Waals surface area contributed by atoms with Crippen LogP contribution in [0.5, 0.6) is 0 Å². The van der Waals surface area contributed by atoms with Crippen molar-refractivity contribution in [3.05, 3.63) is 0 Å². The van der Waals surface area contributed by atoms with Gasteiger partial charge in [-0.1, -0.05) is 19.6 Å². The summed E-state index contributed by atoms with van der Waals surface area (Å²) in [7, 11) is 1.71. The van der Waals surface area contributed by atoms with Crippen LogP contribution in [0, 0.1) is 0 Å². The Bertz CT molecular complexity index is 181. The largest absolute Gasteiger partial charge is 0.325 e. The van der Waals surface area contributed by atoms with Gasteiger partial charge >= 0.3 is 6.03 Å². The van der Waals surface area contributed by atoms with Gasteiger partial charge in [0.15, 0.2) is 0 Å². The molecule has 4 heteroatoms. The molecule has 1 aliphatic heterocycles. The highest BCUT2D eigenvalue weighted by Crippen LogP contribution is 2.07. The number of hydrogen-bond donors (Lipinski definition) is 0. The molecule has 0 spiro atoms. The van der Waals surface area contributed by atoms with Crippen LogP contribution in [-0.2, 0) is 0 Å². The monoisotopic (exact) mass is 174 g/mol. The number of hydrogen-bond acceptors (Lipinski definition) is 2. The second-order valence-corrected chi connectivity index (χ2v) is 2.72. The molecule has 0 radical (unpaired) electrons. The highest BCUT2D eigenvalue weighted by Gasteiger charge is 2.28. The predicted molar refractivity (Wildman–Crippen MR) is 49.7 cm³/mol. The van der Waals surface area contributed by atoms with Crippen molar-refractivity contribution in [2.45, 2.75) is 14.4 Å². The average molecular weight is 174 g/mol. The van der Waals surface area contributed by atoms with Crippen molar-refractivity contribution in [2.75, 3.05) is 20.1 Å². The minimum atomic E-state index is 0. The lowest BCUT2D eigenvalue weighted by molar-refractivity contribution is 0.203. The Morgan fingerprint density at radius 3 is 2.36 bits per heavy atom. The number of thiocarbonyl (C=S) groups is 1. The summed E-state index contributed by atoms with van der Waals surface area (Å²) in [4.78, 5) is 15.0. The van der Waals surface area contributed by atoms with E-state index in [0.717, 1.165) is 6.54 Å². The van der Waals surface area contributed by atoms with Crippen LogP contribution in [0.2, 0.25) is 0 Å². The third-order valence-electron chi connectivity index (χ3n) is 1.64. The second-order valence-electron chi connectivity index (χ2n) is 2.25. The molecule has 0 aromatic heterocycles. The van der Waals surface area contributed by atoms with E-state index < -0.39 is 0 Å². The smallest absolute Gasteiger partial charge is 0.318 e. The zero-order chi connectivity index (χ0) is 7.72. The molecule has 0 atom stereocenters. The van der Waals surface area contributed by atoms with Crippen molar-refractivity contribution in [2.24, 2.45) is 0 Å². The highest BCUT2D eigenvalue weighted by molar-refractivity contribution is 7.80. The number of amides is 2. The van der Waals surface area contributed by atoms with E-state index >= 15 is 0 Å². The minimum Gasteiger partial charge on any atom is -0.318 e. The first-order chi connectivity index (χ1) is 4.66. The molecule has 1 saturated heterocycles. The average Bonchev–Trinajstić information content (AvgIpc) is 2.17. The van der Waals surface area contributed by atoms with Crippen molar-refractivity contribution in [3.63, 3.8) is 0 Å². The summed E-state index contributed by atoms with van der Waals surface area (Å²) in [5, 5.41) is 0. The van der Waals surface area contributed by atoms with E-state index in [0.29, 0.717) is 11.5 Å². The maximum Gasteiger partial charge on any atom is 0.325 e. The topological polar surface area (TPSA) is 23.6 Å². The van der Waals surface area contributed by atoms with Crippen LogP contribution < -0.4 is 0 Å². The highest BCUT2D eigenvalue weighted by atomic mass is 32.1. The van der Waals surface area contributed by atoms with E-state index in [9.17, 15) is 4.79 Å². The molecule has 1 rings (SSSR count). The van der Waals surface area contributed by atoms with Crippen molar-refractivity contribution < 1.29 is 4.79 Å².